The standard InChI is InChI=1S/C16H23N5O/c1-16(2,17)11-5-3-10(4-6-11)15(22)20-13-7-8-18-14-12(13)9-19-21-14/h7-11H,3-6,17H2,1-2H3,(H2,18,19,20,21,22). The Kier molecular flexibility index (Phi) is 3.87. The van der Waals surface area contributed by atoms with E-state index in [1.807, 2.05) is 6.07 Å². The van der Waals surface area contributed by atoms with Crippen molar-refractivity contribution >= 4 is 22.6 Å². The van der Waals surface area contributed by atoms with Gasteiger partial charge in [-0.3, -0.25) is 9.89 Å². The third-order valence-electron chi connectivity index (χ3n) is 4.76. The fourth-order valence-corrected chi connectivity index (χ4v) is 3.29. The molecule has 3 rings (SSSR count). The largest absolute Gasteiger partial charge is 0.325 e. The van der Waals surface area contributed by atoms with Crippen molar-refractivity contribution < 1.29 is 4.79 Å². The van der Waals surface area contributed by atoms with Crippen LogP contribution in [-0.2, 0) is 4.79 Å². The van der Waals surface area contributed by atoms with Crippen molar-refractivity contribution in [2.45, 2.75) is 45.1 Å². The highest BCUT2D eigenvalue weighted by atomic mass is 16.1. The minimum atomic E-state index is -0.157. The molecule has 2 heterocycles. The van der Waals surface area contributed by atoms with Gasteiger partial charge in [0.2, 0.25) is 5.91 Å². The molecule has 1 aliphatic carbocycles. The average molecular weight is 301 g/mol. The summed E-state index contributed by atoms with van der Waals surface area (Å²) in [5.74, 6) is 0.647. The maximum absolute atomic E-state index is 12.5. The molecule has 1 fully saturated rings. The zero-order valence-corrected chi connectivity index (χ0v) is 13.1. The summed E-state index contributed by atoms with van der Waals surface area (Å²) in [5, 5.41) is 10.6. The van der Waals surface area contributed by atoms with E-state index >= 15 is 0 Å². The normalized spacial score (nSPS) is 22.7. The molecule has 0 aliphatic heterocycles. The van der Waals surface area contributed by atoms with E-state index in [2.05, 4.69) is 34.3 Å². The van der Waals surface area contributed by atoms with Crippen molar-refractivity contribution in [2.24, 2.45) is 17.6 Å². The number of H-pyrrole nitrogens is 1. The molecule has 22 heavy (non-hydrogen) atoms. The molecule has 6 nitrogen and oxygen atoms in total. The number of carbonyl (C=O) groups excluding carboxylic acids is 1. The minimum absolute atomic E-state index is 0.0636. The molecule has 2 aromatic heterocycles. The van der Waals surface area contributed by atoms with Gasteiger partial charge in [0.25, 0.3) is 0 Å². The first-order valence-corrected chi connectivity index (χ1v) is 7.83. The van der Waals surface area contributed by atoms with E-state index in [1.165, 1.54) is 0 Å². The molecule has 0 atom stereocenters. The van der Waals surface area contributed by atoms with Crippen molar-refractivity contribution in [3.05, 3.63) is 18.5 Å². The van der Waals surface area contributed by atoms with Gasteiger partial charge in [0, 0.05) is 17.7 Å². The predicted molar refractivity (Wildman–Crippen MR) is 86.2 cm³/mol. The molecule has 0 saturated heterocycles. The van der Waals surface area contributed by atoms with Gasteiger partial charge in [0.1, 0.15) is 0 Å². The number of aromatic amines is 1. The van der Waals surface area contributed by atoms with Crippen molar-refractivity contribution in [3.8, 4) is 0 Å². The van der Waals surface area contributed by atoms with Crippen LogP contribution in [0.2, 0.25) is 0 Å². The molecule has 1 saturated carbocycles. The van der Waals surface area contributed by atoms with E-state index in [1.54, 1.807) is 12.4 Å². The monoisotopic (exact) mass is 301 g/mol. The van der Waals surface area contributed by atoms with Crippen LogP contribution in [0.3, 0.4) is 0 Å². The van der Waals surface area contributed by atoms with Gasteiger partial charge in [0.05, 0.1) is 17.3 Å². The first-order chi connectivity index (χ1) is 10.4. The van der Waals surface area contributed by atoms with Gasteiger partial charge in [-0.1, -0.05) is 0 Å². The Bertz CT molecular complexity index is 664. The number of nitrogens with one attached hydrogen (secondary N) is 2. The first kappa shape index (κ1) is 15.0. The molecule has 6 heteroatoms. The molecular weight excluding hydrogens is 278 g/mol. The molecule has 0 bridgehead atoms. The van der Waals surface area contributed by atoms with E-state index in [4.69, 9.17) is 5.73 Å². The smallest absolute Gasteiger partial charge is 0.227 e. The van der Waals surface area contributed by atoms with Gasteiger partial charge >= 0.3 is 0 Å². The molecule has 0 unspecified atom stereocenters. The number of anilines is 1. The minimum Gasteiger partial charge on any atom is -0.325 e. The van der Waals surface area contributed by atoms with Crippen LogP contribution in [-0.4, -0.2) is 26.6 Å². The molecule has 0 aromatic carbocycles. The second kappa shape index (κ2) is 5.68. The van der Waals surface area contributed by atoms with Crippen molar-refractivity contribution in [3.63, 3.8) is 0 Å². The number of hydrogen-bond acceptors (Lipinski definition) is 4. The molecule has 1 amide bonds. The highest BCUT2D eigenvalue weighted by Gasteiger charge is 2.32. The first-order valence-electron chi connectivity index (χ1n) is 7.83. The summed E-state index contributed by atoms with van der Waals surface area (Å²) in [6.45, 7) is 4.15. The van der Waals surface area contributed by atoms with Gasteiger partial charge in [-0.05, 0) is 51.5 Å². The summed E-state index contributed by atoms with van der Waals surface area (Å²) in [6.07, 6.45) is 7.18. The summed E-state index contributed by atoms with van der Waals surface area (Å²) in [5.41, 5.74) is 7.49. The maximum Gasteiger partial charge on any atom is 0.227 e. The molecule has 2 aromatic rings. The molecule has 0 radical (unpaired) electrons. The van der Waals surface area contributed by atoms with E-state index in [9.17, 15) is 4.79 Å². The van der Waals surface area contributed by atoms with Crippen LogP contribution < -0.4 is 11.1 Å². The number of pyridine rings is 1. The SMILES string of the molecule is CC(C)(N)C1CCC(C(=O)Nc2ccnc3[nH]ncc23)CC1. The van der Waals surface area contributed by atoms with Gasteiger partial charge in [-0.15, -0.1) is 0 Å². The molecule has 1 aliphatic rings. The molecular formula is C16H23N5O. The van der Waals surface area contributed by atoms with Crippen LogP contribution in [0, 0.1) is 11.8 Å². The lowest BCUT2D eigenvalue weighted by Crippen LogP contribution is -2.43. The van der Waals surface area contributed by atoms with Crippen LogP contribution >= 0.6 is 0 Å². The summed E-state index contributed by atoms with van der Waals surface area (Å²) in [4.78, 5) is 16.7. The lowest BCUT2D eigenvalue weighted by molar-refractivity contribution is -0.121. The number of nitrogens with zero attached hydrogens (tertiary/aromatic N) is 2. The highest BCUT2D eigenvalue weighted by molar-refractivity contribution is 6.00. The fourth-order valence-electron chi connectivity index (χ4n) is 3.29. The Morgan fingerprint density at radius 1 is 1.36 bits per heavy atom. The van der Waals surface area contributed by atoms with E-state index in [-0.39, 0.29) is 17.4 Å². The Labute approximate surface area is 129 Å². The van der Waals surface area contributed by atoms with Gasteiger partial charge in [0.15, 0.2) is 5.65 Å². The van der Waals surface area contributed by atoms with Crippen LogP contribution in [0.1, 0.15) is 39.5 Å². The van der Waals surface area contributed by atoms with Gasteiger partial charge in [-0.25, -0.2) is 4.98 Å². The summed E-state index contributed by atoms with van der Waals surface area (Å²) >= 11 is 0. The Morgan fingerprint density at radius 3 is 2.77 bits per heavy atom. The zero-order valence-electron chi connectivity index (χ0n) is 13.1. The van der Waals surface area contributed by atoms with Crippen LogP contribution in [0.5, 0.6) is 0 Å². The molecule has 4 N–H and O–H groups in total. The van der Waals surface area contributed by atoms with Gasteiger partial charge < -0.3 is 11.1 Å². The van der Waals surface area contributed by atoms with Gasteiger partial charge in [-0.2, -0.15) is 5.10 Å². The number of nitrogens with two attached hydrogens (primary N) is 1. The average Bonchev–Trinajstić information content (AvgIpc) is 2.96. The number of rotatable bonds is 3. The van der Waals surface area contributed by atoms with Crippen molar-refractivity contribution in [1.82, 2.24) is 15.2 Å². The number of amides is 1. The number of carbonyl (C=O) groups is 1. The third kappa shape index (κ3) is 2.97. The number of hydrogen-bond donors (Lipinski definition) is 3. The number of aromatic nitrogens is 3. The van der Waals surface area contributed by atoms with Crippen molar-refractivity contribution in [2.75, 3.05) is 5.32 Å². The zero-order chi connectivity index (χ0) is 15.7. The topological polar surface area (TPSA) is 96.7 Å². The Hall–Kier alpha value is -1.95. The highest BCUT2D eigenvalue weighted by Crippen LogP contribution is 2.35. The molecule has 0 spiro atoms. The Balaban J connectivity index is 1.65. The second-order valence-electron chi connectivity index (χ2n) is 6.85. The summed E-state index contributed by atoms with van der Waals surface area (Å²) in [7, 11) is 0. The van der Waals surface area contributed by atoms with Crippen LogP contribution in [0.25, 0.3) is 11.0 Å². The number of fused-ring (bicyclic) bond motifs is 1. The fraction of sp³-hybridized carbons (Fsp3) is 0.562. The van der Waals surface area contributed by atoms with E-state index < -0.39 is 0 Å². The third-order valence-corrected chi connectivity index (χ3v) is 4.76. The maximum atomic E-state index is 12.5. The lowest BCUT2D eigenvalue weighted by atomic mass is 9.73. The van der Waals surface area contributed by atoms with E-state index in [0.717, 1.165) is 36.8 Å². The Morgan fingerprint density at radius 2 is 2.09 bits per heavy atom. The van der Waals surface area contributed by atoms with E-state index in [0.29, 0.717) is 11.6 Å². The second-order valence-corrected chi connectivity index (χ2v) is 6.85. The lowest BCUT2D eigenvalue weighted by Gasteiger charge is -2.36. The van der Waals surface area contributed by atoms with Crippen LogP contribution in [0.15, 0.2) is 18.5 Å². The quantitative estimate of drug-likeness (QED) is 0.811. The predicted octanol–water partition coefficient (Wildman–Crippen LogP) is 2.44. The van der Waals surface area contributed by atoms with Crippen LogP contribution in [0.4, 0.5) is 5.69 Å². The molecule has 118 valence electrons. The summed E-state index contributed by atoms with van der Waals surface area (Å²) in [6, 6.07) is 1.81. The van der Waals surface area contributed by atoms with Crippen molar-refractivity contribution in [1.29, 1.82) is 0 Å². The summed E-state index contributed by atoms with van der Waals surface area (Å²) < 4.78 is 0.